The van der Waals surface area contributed by atoms with Crippen LogP contribution in [0, 0.1) is 189 Å². The number of fused-ring (bicyclic) bond motifs is 39. The van der Waals surface area contributed by atoms with Crippen LogP contribution in [-0.2, 0) is 22.4 Å². The largest absolute Gasteiger partial charge is 0.426 e. The summed E-state index contributed by atoms with van der Waals surface area (Å²) in [5.41, 5.74) is 5.35. The Kier molecular flexibility index (Phi) is 5.55. The Hall–Kier alpha value is -2.62. The molecule has 0 spiro atoms. The summed E-state index contributed by atoms with van der Waals surface area (Å²) in [5, 5.41) is 0. The highest BCUT2D eigenvalue weighted by Gasteiger charge is 2.94. The van der Waals surface area contributed by atoms with Crippen LogP contribution >= 0.6 is 0 Å². The number of ether oxygens (including phenoxy) is 2. The first-order valence-electron chi connectivity index (χ1n) is 27.1. The molecule has 0 aromatic heterocycles. The van der Waals surface area contributed by atoms with Crippen LogP contribution in [0.15, 0.2) is 36.4 Å². The van der Waals surface area contributed by atoms with Gasteiger partial charge in [-0.1, -0.05) is 77.6 Å². The zero-order chi connectivity index (χ0) is 40.1. The predicted octanol–water partition coefficient (Wildman–Crippen LogP) is 10.0. The van der Waals surface area contributed by atoms with Crippen LogP contribution in [0.3, 0.4) is 0 Å². The van der Waals surface area contributed by atoms with Gasteiger partial charge in [0.25, 0.3) is 0 Å². The van der Waals surface area contributed by atoms with Crippen LogP contribution in [0.1, 0.15) is 87.5 Å². The molecule has 4 heteroatoms. The summed E-state index contributed by atoms with van der Waals surface area (Å²) in [4.78, 5) is 27.2. The average Bonchev–Trinajstić information content (AvgIpc) is 3.21. The van der Waals surface area contributed by atoms with E-state index in [2.05, 4.69) is 64.1 Å². The number of hydrogen-bond donors (Lipinski definition) is 0. The van der Waals surface area contributed by atoms with E-state index in [-0.39, 0.29) is 23.8 Å². The van der Waals surface area contributed by atoms with Gasteiger partial charge in [0.05, 0.1) is 11.8 Å². The normalized spacial score (nSPS) is 65.2. The van der Waals surface area contributed by atoms with E-state index in [4.69, 9.17) is 9.47 Å². The lowest BCUT2D eigenvalue weighted by molar-refractivity contribution is -0.511. The van der Waals surface area contributed by atoms with Crippen LogP contribution in [0.25, 0.3) is 0 Å². The molecule has 2 aromatic rings. The Morgan fingerprint density at radius 3 is 1.18 bits per heavy atom. The van der Waals surface area contributed by atoms with Gasteiger partial charge in [-0.15, -0.1) is 0 Å². The molecule has 15 aliphatic carbocycles. The van der Waals surface area contributed by atoms with Crippen molar-refractivity contribution in [2.75, 3.05) is 0 Å². The third-order valence-corrected chi connectivity index (χ3v) is 27.3. The summed E-state index contributed by atoms with van der Waals surface area (Å²) in [6, 6.07) is 13.9. The third-order valence-electron chi connectivity index (χ3n) is 27.3. The average molecular weight is 825 g/mol. The van der Waals surface area contributed by atoms with E-state index >= 15 is 0 Å². The molecule has 19 rings (SSSR count). The standard InChI is InChI=1S/C58H64O4/c1-5-7-21-17(3)29-31(21)35-25-15-19-9-11-27-23(13-19)33-34-24-14-20(10-12-28(24)62-58(60)56(34)55(33)57(59)61-27)16-26-37(36(25)39(29)35)41-38(26)43-45(41)49-47(43)51-53(49)52-48-44-40-30-18(4)22(8-6-2)32(30)42(40)46(44)50(48)54(51)52/h9-14,17-18,21-22,25-26,29-56H,5-8,15-16H2,1-4H3/t17?,18?,21?,22?,25?,26?,29?,30?,31?,32?,33-,34?,35?,36?,37?,38?,39?,40?,41?,42?,43?,44?,45?,46?,47?,48?,49?,50?,51?,52?,53?,54?,55+,56?/m1/s1. The molecule has 2 aliphatic heterocycles. The molecule has 34 atom stereocenters. The van der Waals surface area contributed by atoms with Crippen molar-refractivity contribution < 1.29 is 19.1 Å². The molecule has 0 radical (unpaired) electrons. The minimum absolute atomic E-state index is 0.00191. The van der Waals surface area contributed by atoms with Crippen LogP contribution < -0.4 is 9.47 Å². The van der Waals surface area contributed by atoms with Crippen molar-refractivity contribution in [2.45, 2.75) is 78.1 Å². The first-order valence-corrected chi connectivity index (χ1v) is 27.1. The zero-order valence-corrected chi connectivity index (χ0v) is 37.0. The number of rotatable bonds is 4. The van der Waals surface area contributed by atoms with E-state index in [9.17, 15) is 9.59 Å². The molecule has 4 bridgehead atoms. The van der Waals surface area contributed by atoms with Gasteiger partial charge in [0.1, 0.15) is 11.5 Å². The van der Waals surface area contributed by atoms with Gasteiger partial charge in [-0.05, 0) is 225 Å². The lowest BCUT2D eigenvalue weighted by Crippen LogP contribution is -2.94. The monoisotopic (exact) mass is 824 g/mol. The molecule has 17 aliphatic rings. The van der Waals surface area contributed by atoms with Crippen LogP contribution in [0.2, 0.25) is 0 Å². The fourth-order valence-corrected chi connectivity index (χ4v) is 26.4. The van der Waals surface area contributed by atoms with E-state index in [0.29, 0.717) is 0 Å². The van der Waals surface area contributed by atoms with Gasteiger partial charge < -0.3 is 9.47 Å². The molecule has 14 saturated carbocycles. The van der Waals surface area contributed by atoms with Crippen LogP contribution in [0.4, 0.5) is 0 Å². The Labute approximate surface area is 367 Å². The van der Waals surface area contributed by atoms with Gasteiger partial charge in [0.2, 0.25) is 0 Å². The smallest absolute Gasteiger partial charge is 0.315 e. The summed E-state index contributed by atoms with van der Waals surface area (Å²) in [6.45, 7) is 10.2. The highest BCUT2D eigenvalue weighted by atomic mass is 16.5. The minimum Gasteiger partial charge on any atom is -0.426 e. The van der Waals surface area contributed by atoms with E-state index < -0.39 is 11.8 Å². The quantitative estimate of drug-likeness (QED) is 0.175. The Bertz CT molecular complexity index is 2520. The van der Waals surface area contributed by atoms with Crippen molar-refractivity contribution in [1.82, 2.24) is 0 Å². The molecule has 4 nitrogen and oxygen atoms in total. The van der Waals surface area contributed by atoms with Crippen molar-refractivity contribution in [1.29, 1.82) is 0 Å². The third kappa shape index (κ3) is 3.03. The zero-order valence-electron chi connectivity index (χ0n) is 37.0. The minimum atomic E-state index is -0.430. The summed E-state index contributed by atoms with van der Waals surface area (Å²) >= 11 is 0. The second-order valence-electron chi connectivity index (χ2n) is 26.9. The van der Waals surface area contributed by atoms with Crippen molar-refractivity contribution in [3.05, 3.63) is 58.7 Å². The van der Waals surface area contributed by atoms with Gasteiger partial charge in [-0.2, -0.15) is 0 Å². The number of esters is 2. The second kappa shape index (κ2) is 10.2. The Morgan fingerprint density at radius 1 is 0.419 bits per heavy atom. The maximum absolute atomic E-state index is 13.6. The predicted molar refractivity (Wildman–Crippen MR) is 230 cm³/mol. The number of benzene rings is 2. The first kappa shape index (κ1) is 33.8. The number of carbonyl (C=O) groups is 2. The molecule has 32 unspecified atom stereocenters. The second-order valence-corrected chi connectivity index (χ2v) is 26.9. The van der Waals surface area contributed by atoms with Gasteiger partial charge in [-0.3, -0.25) is 9.59 Å². The van der Waals surface area contributed by atoms with Crippen molar-refractivity contribution in [3.63, 3.8) is 0 Å². The molecule has 320 valence electrons. The highest BCUT2D eigenvalue weighted by molar-refractivity contribution is 5.92. The lowest BCUT2D eigenvalue weighted by Gasteiger charge is -2.98. The van der Waals surface area contributed by atoms with Gasteiger partial charge in [-0.25, -0.2) is 0 Å². The van der Waals surface area contributed by atoms with E-state index in [1.165, 1.54) is 102 Å². The molecule has 14 fully saturated rings. The van der Waals surface area contributed by atoms with Gasteiger partial charge in [0.15, 0.2) is 0 Å². The number of carbonyl (C=O) groups excluding carboxylic acids is 2. The fourth-order valence-electron chi connectivity index (χ4n) is 26.4. The van der Waals surface area contributed by atoms with Crippen molar-refractivity contribution in [2.24, 2.45) is 189 Å². The Morgan fingerprint density at radius 2 is 0.742 bits per heavy atom. The van der Waals surface area contributed by atoms with Crippen molar-refractivity contribution in [3.8, 4) is 11.5 Å². The van der Waals surface area contributed by atoms with E-state index in [1.54, 1.807) is 0 Å². The molecule has 62 heavy (non-hydrogen) atoms. The van der Waals surface area contributed by atoms with E-state index in [1.807, 2.05) is 0 Å². The fraction of sp³-hybridized carbons (Fsp3) is 0.759. The Balaban J connectivity index is 0.687. The molecule has 0 N–H and O–H groups in total. The van der Waals surface area contributed by atoms with E-state index in [0.717, 1.165) is 148 Å². The molecule has 2 aromatic carbocycles. The first-order chi connectivity index (χ1) is 30.4. The maximum atomic E-state index is 13.6. The summed E-state index contributed by atoms with van der Waals surface area (Å²) in [7, 11) is 0. The lowest BCUT2D eigenvalue weighted by atomic mass is 9.07. The van der Waals surface area contributed by atoms with Crippen LogP contribution in [-0.4, -0.2) is 11.9 Å². The molecular weight excluding hydrogens is 761 g/mol. The highest BCUT2D eigenvalue weighted by Crippen LogP contribution is 2.97. The molecular formula is C58H64O4. The summed E-state index contributed by atoms with van der Waals surface area (Å²) in [5.74, 6) is 31.7. The van der Waals surface area contributed by atoms with Crippen LogP contribution in [0.5, 0.6) is 11.5 Å². The van der Waals surface area contributed by atoms with Crippen molar-refractivity contribution >= 4 is 11.9 Å². The topological polar surface area (TPSA) is 52.6 Å². The number of hydrogen-bond acceptors (Lipinski definition) is 4. The summed E-state index contributed by atoms with van der Waals surface area (Å²) in [6.07, 6.45) is 8.10. The van der Waals surface area contributed by atoms with Gasteiger partial charge >= 0.3 is 11.9 Å². The molecule has 0 amide bonds. The maximum Gasteiger partial charge on any atom is 0.315 e. The molecule has 2 heterocycles. The SMILES string of the molecule is CCCC1C(C)C2C1C1C3Cc4ccc5c(c4)[C@@H]4C6c7cc(ccc7OC(=O)C6[C@H]4C(=O)O5)CC4C(C3C21)C1C4C2C1C1C2C2C1C1C3C4C5C6C(C)C(CCC)C6C5C4C3C21. The van der Waals surface area contributed by atoms with Gasteiger partial charge in [0, 0.05) is 11.8 Å². The summed E-state index contributed by atoms with van der Waals surface area (Å²) < 4.78 is 12.1. The molecule has 0 saturated heterocycles.